The van der Waals surface area contributed by atoms with Crippen molar-refractivity contribution in [3.8, 4) is 5.75 Å². The first-order valence-corrected chi connectivity index (χ1v) is 5.87. The molecule has 1 aromatic rings. The smallest absolute Gasteiger partial charge is 0.323 e. The molecule has 0 spiro atoms. The summed E-state index contributed by atoms with van der Waals surface area (Å²) in [6.07, 6.45) is 0. The fraction of sp³-hybridized carbons (Fsp3) is 0.500. The molecule has 0 atom stereocenters. The van der Waals surface area contributed by atoms with Crippen molar-refractivity contribution in [3.63, 3.8) is 0 Å². The first-order chi connectivity index (χ1) is 8.28. The number of carbonyl (C=O) groups is 1. The van der Waals surface area contributed by atoms with E-state index >= 15 is 0 Å². The lowest BCUT2D eigenvalue weighted by Crippen LogP contribution is -2.47. The maximum absolute atomic E-state index is 11.2. The van der Waals surface area contributed by atoms with Gasteiger partial charge in [0.2, 0.25) is 0 Å². The fourth-order valence-corrected chi connectivity index (χ4v) is 1.67. The normalized spacial score (nSPS) is 11.7. The average molecular weight is 251 g/mol. The van der Waals surface area contributed by atoms with E-state index in [1.807, 2.05) is 37.1 Å². The van der Waals surface area contributed by atoms with E-state index in [1.165, 1.54) is 0 Å². The minimum Gasteiger partial charge on any atom is -0.496 e. The van der Waals surface area contributed by atoms with Crippen LogP contribution in [0.2, 0.25) is 0 Å². The maximum atomic E-state index is 11.2. The van der Waals surface area contributed by atoms with Crippen molar-refractivity contribution in [2.24, 2.45) is 0 Å². The lowest BCUT2D eigenvalue weighted by Gasteiger charge is -2.31. The second-order valence-corrected chi connectivity index (χ2v) is 5.02. The van der Waals surface area contributed by atoms with Crippen molar-refractivity contribution in [1.82, 2.24) is 4.90 Å². The van der Waals surface area contributed by atoms with Crippen LogP contribution in [0, 0.1) is 6.92 Å². The molecule has 0 aliphatic heterocycles. The highest BCUT2D eigenvalue weighted by Gasteiger charge is 2.31. The van der Waals surface area contributed by atoms with Crippen molar-refractivity contribution in [2.45, 2.75) is 32.9 Å². The predicted octanol–water partition coefficient (Wildman–Crippen LogP) is 2.30. The summed E-state index contributed by atoms with van der Waals surface area (Å²) in [6.45, 7) is 5.96. The summed E-state index contributed by atoms with van der Waals surface area (Å²) in [5.74, 6) is 0.0223. The zero-order valence-electron chi connectivity index (χ0n) is 11.7. The van der Waals surface area contributed by atoms with Crippen LogP contribution in [0.15, 0.2) is 18.2 Å². The number of hydrogen-bond acceptors (Lipinski definition) is 3. The summed E-state index contributed by atoms with van der Waals surface area (Å²) in [6, 6.07) is 5.89. The number of benzene rings is 1. The van der Waals surface area contributed by atoms with Crippen LogP contribution < -0.4 is 4.74 Å². The Labute approximate surface area is 108 Å². The summed E-state index contributed by atoms with van der Waals surface area (Å²) >= 11 is 0. The Bertz CT molecular complexity index is 441. The van der Waals surface area contributed by atoms with E-state index in [2.05, 4.69) is 0 Å². The number of hydrogen-bond donors (Lipinski definition) is 1. The Morgan fingerprint density at radius 1 is 1.44 bits per heavy atom. The van der Waals surface area contributed by atoms with Crippen LogP contribution in [0.25, 0.3) is 0 Å². The molecule has 4 heteroatoms. The van der Waals surface area contributed by atoms with E-state index in [4.69, 9.17) is 9.84 Å². The van der Waals surface area contributed by atoms with E-state index in [-0.39, 0.29) is 0 Å². The third-order valence-electron chi connectivity index (χ3n) is 3.36. The van der Waals surface area contributed by atoms with Crippen LogP contribution in [0.4, 0.5) is 0 Å². The van der Waals surface area contributed by atoms with Crippen LogP contribution >= 0.6 is 0 Å². The first kappa shape index (κ1) is 14.5. The van der Waals surface area contributed by atoms with Gasteiger partial charge in [0.15, 0.2) is 0 Å². The molecule has 0 fully saturated rings. The first-order valence-electron chi connectivity index (χ1n) is 5.87. The van der Waals surface area contributed by atoms with E-state index in [0.717, 1.165) is 16.9 Å². The molecule has 1 rings (SSSR count). The van der Waals surface area contributed by atoms with Gasteiger partial charge in [0.05, 0.1) is 7.11 Å². The van der Waals surface area contributed by atoms with Crippen molar-refractivity contribution in [1.29, 1.82) is 0 Å². The molecule has 0 radical (unpaired) electrons. The monoisotopic (exact) mass is 251 g/mol. The second kappa shape index (κ2) is 5.40. The number of ether oxygens (including phenoxy) is 1. The summed E-state index contributed by atoms with van der Waals surface area (Å²) in [4.78, 5) is 13.0. The standard InChI is InChI=1S/C14H21NO3/c1-10-8-11(6-7-12(10)18-5)9-15(4)14(2,3)13(16)17/h6-8H,9H2,1-5H3,(H,16,17). The SMILES string of the molecule is COc1ccc(CN(C)C(C)(C)C(=O)O)cc1C. The van der Waals surface area contributed by atoms with Crippen LogP contribution in [-0.2, 0) is 11.3 Å². The molecule has 18 heavy (non-hydrogen) atoms. The second-order valence-electron chi connectivity index (χ2n) is 5.02. The van der Waals surface area contributed by atoms with Crippen LogP contribution in [0.5, 0.6) is 5.75 Å². The Morgan fingerprint density at radius 3 is 2.50 bits per heavy atom. The van der Waals surface area contributed by atoms with E-state index in [0.29, 0.717) is 6.54 Å². The highest BCUT2D eigenvalue weighted by molar-refractivity contribution is 5.77. The summed E-state index contributed by atoms with van der Waals surface area (Å²) in [7, 11) is 3.45. The Balaban J connectivity index is 2.85. The summed E-state index contributed by atoms with van der Waals surface area (Å²) in [5, 5.41) is 9.16. The molecular formula is C14H21NO3. The van der Waals surface area contributed by atoms with Gasteiger partial charge in [-0.2, -0.15) is 0 Å². The van der Waals surface area contributed by atoms with Crippen molar-refractivity contribution >= 4 is 5.97 Å². The van der Waals surface area contributed by atoms with Gasteiger partial charge in [-0.25, -0.2) is 0 Å². The average Bonchev–Trinajstić information content (AvgIpc) is 2.28. The quantitative estimate of drug-likeness (QED) is 0.872. The molecule has 0 heterocycles. The molecule has 0 saturated carbocycles. The maximum Gasteiger partial charge on any atom is 0.323 e. The van der Waals surface area contributed by atoms with Gasteiger partial charge in [-0.05, 0) is 45.0 Å². The van der Waals surface area contributed by atoms with Crippen LogP contribution in [-0.4, -0.2) is 35.7 Å². The molecule has 0 saturated heterocycles. The molecule has 0 amide bonds. The van der Waals surface area contributed by atoms with Crippen molar-refractivity contribution in [2.75, 3.05) is 14.2 Å². The van der Waals surface area contributed by atoms with Crippen LogP contribution in [0.3, 0.4) is 0 Å². The predicted molar refractivity (Wildman–Crippen MR) is 70.9 cm³/mol. The highest BCUT2D eigenvalue weighted by Crippen LogP contribution is 2.21. The number of likely N-dealkylation sites (N-methyl/N-ethyl adjacent to an activating group) is 1. The molecule has 0 aliphatic rings. The summed E-state index contributed by atoms with van der Waals surface area (Å²) < 4.78 is 5.20. The number of aryl methyl sites for hydroxylation is 1. The Kier molecular flexibility index (Phi) is 4.35. The minimum absolute atomic E-state index is 0.587. The number of carboxylic acid groups (broad SMARTS) is 1. The van der Waals surface area contributed by atoms with Gasteiger partial charge in [-0.1, -0.05) is 12.1 Å². The number of methoxy groups -OCH3 is 1. The molecule has 1 N–H and O–H groups in total. The van der Waals surface area contributed by atoms with Gasteiger partial charge in [0.25, 0.3) is 0 Å². The minimum atomic E-state index is -0.881. The van der Waals surface area contributed by atoms with Gasteiger partial charge in [0, 0.05) is 6.54 Å². The molecule has 4 nitrogen and oxygen atoms in total. The largest absolute Gasteiger partial charge is 0.496 e. The molecule has 0 aromatic heterocycles. The van der Waals surface area contributed by atoms with Crippen LogP contribution in [0.1, 0.15) is 25.0 Å². The lowest BCUT2D eigenvalue weighted by atomic mass is 10.0. The lowest BCUT2D eigenvalue weighted by molar-refractivity contribution is -0.148. The molecule has 0 aliphatic carbocycles. The van der Waals surface area contributed by atoms with Gasteiger partial charge in [-0.3, -0.25) is 9.69 Å². The van der Waals surface area contributed by atoms with Gasteiger partial charge < -0.3 is 9.84 Å². The molecule has 0 bridgehead atoms. The fourth-order valence-electron chi connectivity index (χ4n) is 1.67. The van der Waals surface area contributed by atoms with Crippen molar-refractivity contribution in [3.05, 3.63) is 29.3 Å². The molecular weight excluding hydrogens is 230 g/mol. The zero-order valence-corrected chi connectivity index (χ0v) is 11.7. The summed E-state index contributed by atoms with van der Waals surface area (Å²) in [5.41, 5.74) is 1.25. The highest BCUT2D eigenvalue weighted by atomic mass is 16.5. The number of aliphatic carboxylic acids is 1. The number of carboxylic acids is 1. The topological polar surface area (TPSA) is 49.8 Å². The van der Waals surface area contributed by atoms with E-state index < -0.39 is 11.5 Å². The van der Waals surface area contributed by atoms with Gasteiger partial charge in [0.1, 0.15) is 11.3 Å². The third-order valence-corrected chi connectivity index (χ3v) is 3.36. The van der Waals surface area contributed by atoms with Gasteiger partial charge >= 0.3 is 5.97 Å². The van der Waals surface area contributed by atoms with E-state index in [1.54, 1.807) is 21.0 Å². The zero-order chi connectivity index (χ0) is 13.9. The molecule has 0 unspecified atom stereocenters. The molecule has 100 valence electrons. The third kappa shape index (κ3) is 3.01. The number of rotatable bonds is 5. The van der Waals surface area contributed by atoms with Gasteiger partial charge in [-0.15, -0.1) is 0 Å². The van der Waals surface area contributed by atoms with Crippen molar-refractivity contribution < 1.29 is 14.6 Å². The molecule has 1 aromatic carbocycles. The Morgan fingerprint density at radius 2 is 2.06 bits per heavy atom. The Hall–Kier alpha value is -1.55. The number of nitrogens with zero attached hydrogens (tertiary/aromatic N) is 1. The van der Waals surface area contributed by atoms with E-state index in [9.17, 15) is 4.79 Å².